The third-order valence-corrected chi connectivity index (χ3v) is 12.9. The molecule has 5 amide bonds. The summed E-state index contributed by atoms with van der Waals surface area (Å²) in [5.41, 5.74) is 1.81. The van der Waals surface area contributed by atoms with E-state index in [4.69, 9.17) is 4.74 Å². The molecule has 6 N–H and O–H groups in total. The van der Waals surface area contributed by atoms with Crippen molar-refractivity contribution in [2.24, 2.45) is 29.6 Å². The minimum Gasteiger partial charge on any atom is -0.726 e. The van der Waals surface area contributed by atoms with E-state index in [1.807, 2.05) is 95.4 Å². The predicted octanol–water partition coefficient (Wildman–Crippen LogP) is -1.90. The van der Waals surface area contributed by atoms with Gasteiger partial charge in [-0.1, -0.05) is 150 Å². The zero-order chi connectivity index (χ0) is 63.0. The SMILES string of the molecule is CC=C(NC(=O)C(NC(=O)C(CCCNC(C)C)NC(=O)C(C)C)C(C)OC(=O)C(NC(=O)C(Cc1ccccc1)N(C)C(=O)C(Cc1ccccc1)C(C)C)C(C)C)C(=O)C(C)C.CNC(C)C.COS(=O)(=O)[O-].COS(=O)(=O)[O-].[Na+].[Na+]. The molecule has 23 nitrogen and oxygen atoms in total. The number of amides is 5. The summed E-state index contributed by atoms with van der Waals surface area (Å²) in [6.45, 7) is 26.0. The van der Waals surface area contributed by atoms with Crippen LogP contribution in [-0.4, -0.2) is 149 Å². The van der Waals surface area contributed by atoms with Gasteiger partial charge in [-0.05, 0) is 69.7 Å². The molecule has 0 saturated carbocycles. The number of nitrogens with one attached hydrogen (secondary N) is 6. The van der Waals surface area contributed by atoms with Crippen LogP contribution < -0.4 is 91.0 Å². The van der Waals surface area contributed by atoms with Crippen molar-refractivity contribution in [3.63, 3.8) is 0 Å². The van der Waals surface area contributed by atoms with E-state index in [-0.39, 0.29) is 107 Å². The normalized spacial score (nSPS) is 13.5. The fourth-order valence-electron chi connectivity index (χ4n) is 6.96. The average Bonchev–Trinajstić information content (AvgIpc) is 3.39. The third-order valence-electron chi connectivity index (χ3n) is 12.1. The molecule has 0 aliphatic rings. The fourth-order valence-corrected chi connectivity index (χ4v) is 6.96. The van der Waals surface area contributed by atoms with Gasteiger partial charge >= 0.3 is 65.1 Å². The van der Waals surface area contributed by atoms with Crippen LogP contribution in [0.4, 0.5) is 0 Å². The summed E-state index contributed by atoms with van der Waals surface area (Å²) in [6.07, 6.45) is 1.53. The molecule has 83 heavy (non-hydrogen) atoms. The van der Waals surface area contributed by atoms with Crippen molar-refractivity contribution in [3.05, 3.63) is 83.6 Å². The van der Waals surface area contributed by atoms with E-state index in [1.54, 1.807) is 55.5 Å². The molecule has 6 unspecified atom stereocenters. The number of hydrogen-bond acceptors (Lipinski definition) is 18. The number of allylic oxidation sites excluding steroid dienone is 2. The van der Waals surface area contributed by atoms with Crippen LogP contribution in [0.5, 0.6) is 0 Å². The summed E-state index contributed by atoms with van der Waals surface area (Å²) < 4.78 is 68.0. The number of carbonyl (C=O) groups excluding carboxylic acids is 7. The number of Topliss-reactive ketones (excluding diaryl/α,β-unsaturated/α-hetero) is 1. The summed E-state index contributed by atoms with van der Waals surface area (Å²) in [4.78, 5) is 98.4. The van der Waals surface area contributed by atoms with Gasteiger partial charge in [-0.3, -0.25) is 37.1 Å². The first-order valence-electron chi connectivity index (χ1n) is 26.9. The van der Waals surface area contributed by atoms with Gasteiger partial charge in [0.2, 0.25) is 44.4 Å². The number of benzene rings is 2. The smallest absolute Gasteiger partial charge is 0.726 e. The molecule has 0 radical (unpaired) electrons. The zero-order valence-corrected chi connectivity index (χ0v) is 58.2. The van der Waals surface area contributed by atoms with Crippen LogP contribution in [0.2, 0.25) is 0 Å². The Labute approximate surface area is 539 Å². The van der Waals surface area contributed by atoms with Crippen LogP contribution in [0, 0.1) is 29.6 Å². The van der Waals surface area contributed by atoms with E-state index in [9.17, 15) is 59.5 Å². The van der Waals surface area contributed by atoms with Gasteiger partial charge in [0.15, 0.2) is 5.78 Å². The Kier molecular flexibility index (Phi) is 46.2. The van der Waals surface area contributed by atoms with Crippen LogP contribution >= 0.6 is 0 Å². The minimum atomic E-state index is -4.41. The van der Waals surface area contributed by atoms with Crippen molar-refractivity contribution in [2.75, 3.05) is 34.9 Å². The van der Waals surface area contributed by atoms with Crippen LogP contribution in [-0.2, 0) is 80.3 Å². The van der Waals surface area contributed by atoms with Gasteiger partial charge in [-0.25, -0.2) is 21.6 Å². The second kappa shape index (κ2) is 44.7. The molecule has 2 aromatic rings. The topological polar surface area (TPSA) is 337 Å². The van der Waals surface area contributed by atoms with Gasteiger partial charge in [-0.2, -0.15) is 0 Å². The maximum Gasteiger partial charge on any atom is 1.00 e. The first-order chi connectivity index (χ1) is 37.5. The summed E-state index contributed by atoms with van der Waals surface area (Å²) in [5.74, 6) is -5.77. The number of ketones is 1. The van der Waals surface area contributed by atoms with Gasteiger partial charge in [0, 0.05) is 43.3 Å². The molecule has 462 valence electrons. The average molecular weight is 1230 g/mol. The minimum absolute atomic E-state index is 0. The molecule has 0 fully saturated rings. The first kappa shape index (κ1) is 85.8. The second-order valence-corrected chi connectivity index (χ2v) is 23.1. The van der Waals surface area contributed by atoms with E-state index >= 15 is 0 Å². The number of esters is 1. The van der Waals surface area contributed by atoms with Crippen molar-refractivity contribution in [1.82, 2.24) is 36.8 Å². The Hall–Kier alpha value is -3.67. The van der Waals surface area contributed by atoms with Crippen LogP contribution in [0.15, 0.2) is 72.4 Å². The Bertz CT molecular complexity index is 2460. The van der Waals surface area contributed by atoms with Gasteiger partial charge in [0.1, 0.15) is 30.3 Å². The Balaban J connectivity index is -0.00000142. The molecule has 0 aromatic heterocycles. The van der Waals surface area contributed by atoms with Crippen molar-refractivity contribution in [3.8, 4) is 0 Å². The molecule has 27 heteroatoms. The quantitative estimate of drug-likeness (QED) is 0.0129. The van der Waals surface area contributed by atoms with Crippen molar-refractivity contribution >= 4 is 62.1 Å². The van der Waals surface area contributed by atoms with Gasteiger partial charge in [-0.15, -0.1) is 0 Å². The molecule has 0 aliphatic carbocycles. The summed E-state index contributed by atoms with van der Waals surface area (Å²) >= 11 is 0. The maximum absolute atomic E-state index is 14.5. The van der Waals surface area contributed by atoms with E-state index in [0.717, 1.165) is 25.3 Å². The molecule has 0 spiro atoms. The summed E-state index contributed by atoms with van der Waals surface area (Å²) in [7, 11) is -3.65. The molecule has 0 heterocycles. The summed E-state index contributed by atoms with van der Waals surface area (Å²) in [6, 6.07) is 15.0. The number of nitrogens with zero attached hydrogens (tertiary/aromatic N) is 1. The number of likely N-dealkylation sites (N-methyl/N-ethyl adjacent to an activating group) is 1. The molecule has 0 saturated heterocycles. The molecule has 2 rings (SSSR count). The van der Waals surface area contributed by atoms with E-state index in [1.165, 1.54) is 17.9 Å². The molecule has 0 bridgehead atoms. The second-order valence-electron chi connectivity index (χ2n) is 20.8. The number of carbonyl (C=O) groups is 7. The van der Waals surface area contributed by atoms with Gasteiger partial charge in [0.25, 0.3) is 5.91 Å². The molecular weight excluding hydrogens is 1140 g/mol. The largest absolute Gasteiger partial charge is 1.00 e. The van der Waals surface area contributed by atoms with Gasteiger partial charge in [0.05, 0.1) is 19.9 Å². The van der Waals surface area contributed by atoms with E-state index in [2.05, 4.69) is 54.1 Å². The van der Waals surface area contributed by atoms with Crippen molar-refractivity contribution in [1.29, 1.82) is 0 Å². The molecule has 2 aromatic carbocycles. The van der Waals surface area contributed by atoms with E-state index in [0.29, 0.717) is 25.4 Å². The third kappa shape index (κ3) is 38.2. The van der Waals surface area contributed by atoms with Crippen molar-refractivity contribution in [2.45, 2.75) is 165 Å². The molecule has 0 aliphatic heterocycles. The van der Waals surface area contributed by atoms with Crippen molar-refractivity contribution < 1.29 is 132 Å². The summed E-state index contributed by atoms with van der Waals surface area (Å²) in [5, 5.41) is 17.3. The van der Waals surface area contributed by atoms with E-state index < -0.39 is 98.4 Å². The van der Waals surface area contributed by atoms with Crippen LogP contribution in [0.25, 0.3) is 0 Å². The number of hydrogen-bond donors (Lipinski definition) is 6. The molecular formula is C56H93N7Na2O16S2. The Morgan fingerprint density at radius 1 is 0.614 bits per heavy atom. The standard InChI is InChI=1S/C50H76N6O8.C4H11N.2CH4O4S.2Na/c1-14-39(44(57)32(6)7)52-48(61)43(55-46(59)40(53-45(58)33(8)9)26-21-27-51-34(10)11)35(12)64-50(63)42(31(4)5)54-47(60)41(29-37-24-19-16-20-25-37)56(13)49(62)38(30(2)3)28-36-22-17-15-18-23-36;1-4(2)5-3;2*1-5-6(2,3)4;;/h14-20,22-25,30-35,38,40-43,51H,21,26-29H2,1-13H3,(H,52,61)(H,53,58)(H,54,60)(H,55,59);4-5H,1-3H3;2*1H3,(H,2,3,4);;/q;;;;2*+1/p-2. The number of ether oxygens (including phenoxy) is 1. The fraction of sp³-hybridized carbons (Fsp3) is 0.625. The Morgan fingerprint density at radius 3 is 1.43 bits per heavy atom. The molecule has 6 atom stereocenters. The maximum atomic E-state index is 14.5. The monoisotopic (exact) mass is 1230 g/mol. The first-order valence-corrected chi connectivity index (χ1v) is 29.6. The van der Waals surface area contributed by atoms with Crippen LogP contribution in [0.1, 0.15) is 121 Å². The zero-order valence-electron chi connectivity index (χ0n) is 52.6. The van der Waals surface area contributed by atoms with Gasteiger partial charge < -0.3 is 50.6 Å². The predicted molar refractivity (Wildman–Crippen MR) is 308 cm³/mol. The van der Waals surface area contributed by atoms with Crippen LogP contribution in [0.3, 0.4) is 0 Å². The number of rotatable bonds is 29. The Morgan fingerprint density at radius 2 is 1.06 bits per heavy atom.